The summed E-state index contributed by atoms with van der Waals surface area (Å²) in [5.74, 6) is 1.31. The Hall–Kier alpha value is -1.64. The summed E-state index contributed by atoms with van der Waals surface area (Å²) in [6.07, 6.45) is -1.01. The van der Waals surface area contributed by atoms with E-state index in [1.54, 1.807) is 26.8 Å². The molecule has 0 radical (unpaired) electrons. The van der Waals surface area contributed by atoms with E-state index >= 15 is 0 Å². The van der Waals surface area contributed by atoms with Crippen LogP contribution < -0.4 is 14.6 Å². The number of nitrogens with zero attached hydrogens (tertiary/aromatic N) is 1. The highest BCUT2D eigenvalue weighted by Crippen LogP contribution is 2.39. The van der Waals surface area contributed by atoms with Crippen LogP contribution in [-0.2, 0) is 21.9 Å². The first-order valence-electron chi connectivity index (χ1n) is 7.81. The van der Waals surface area contributed by atoms with Crippen molar-refractivity contribution in [1.82, 2.24) is 0 Å². The van der Waals surface area contributed by atoms with Crippen molar-refractivity contribution in [2.45, 2.75) is 38.8 Å². The van der Waals surface area contributed by atoms with E-state index in [1.165, 1.54) is 0 Å². The Balaban J connectivity index is 1.94. The number of carboxylic acid groups (broad SMARTS) is 1. The zero-order valence-corrected chi connectivity index (χ0v) is 14.8. The Morgan fingerprint density at radius 2 is 1.96 bits per heavy atom. The third kappa shape index (κ3) is 2.58. The minimum Gasteiger partial charge on any atom is -0.497 e. The third-order valence-corrected chi connectivity index (χ3v) is 6.26. The van der Waals surface area contributed by atoms with Crippen LogP contribution in [0.25, 0.3) is 0 Å². The molecule has 2 heterocycles. The van der Waals surface area contributed by atoms with Crippen LogP contribution in [0.2, 0.25) is 0 Å². The molecule has 1 aromatic carbocycles. The molecule has 0 N–H and O–H groups in total. The number of ether oxygens (including phenoxy) is 2. The van der Waals surface area contributed by atoms with E-state index in [9.17, 15) is 14.1 Å². The molecule has 132 valence electrons. The molecule has 24 heavy (non-hydrogen) atoms. The molecule has 0 aromatic heterocycles. The Labute approximate surface area is 143 Å². The fraction of sp³-hybridized carbons (Fsp3) is 0.562. The van der Waals surface area contributed by atoms with E-state index in [1.807, 2.05) is 12.1 Å². The lowest BCUT2D eigenvalue weighted by Crippen LogP contribution is -2.70. The second-order valence-electron chi connectivity index (χ2n) is 6.93. The van der Waals surface area contributed by atoms with Gasteiger partial charge in [0.05, 0.1) is 0 Å². The van der Waals surface area contributed by atoms with Gasteiger partial charge in [0.15, 0.2) is 11.5 Å². The normalized spacial score (nSPS) is 29.5. The molecule has 8 heteroatoms. The molecule has 1 aromatic rings. The molecule has 0 spiro atoms. The van der Waals surface area contributed by atoms with E-state index < -0.39 is 32.8 Å². The highest BCUT2D eigenvalue weighted by molar-refractivity contribution is 7.74. The summed E-state index contributed by atoms with van der Waals surface area (Å²) in [7, 11) is 0. The van der Waals surface area contributed by atoms with Gasteiger partial charge in [0.1, 0.15) is 31.4 Å². The van der Waals surface area contributed by atoms with Crippen molar-refractivity contribution in [3.05, 3.63) is 23.8 Å². The molecule has 2 aliphatic rings. The second-order valence-corrected chi connectivity index (χ2v) is 8.18. The van der Waals surface area contributed by atoms with Gasteiger partial charge in [-0.3, -0.25) is 0 Å². The van der Waals surface area contributed by atoms with Crippen LogP contribution in [0.3, 0.4) is 0 Å². The number of carbonyl (C=O) groups excluding carboxylic acids is 1. The van der Waals surface area contributed by atoms with Gasteiger partial charge in [0, 0.05) is 6.42 Å². The fourth-order valence-electron chi connectivity index (χ4n) is 3.38. The largest absolute Gasteiger partial charge is 0.497 e. The van der Waals surface area contributed by atoms with Crippen LogP contribution >= 0.6 is 0 Å². The van der Waals surface area contributed by atoms with Gasteiger partial charge in [0.2, 0.25) is 0 Å². The fourth-order valence-corrected chi connectivity index (χ4v) is 4.76. The van der Waals surface area contributed by atoms with Gasteiger partial charge < -0.3 is 19.4 Å². The Morgan fingerprint density at radius 3 is 2.58 bits per heavy atom. The molecule has 1 amide bonds. The van der Waals surface area contributed by atoms with Crippen molar-refractivity contribution in [1.29, 1.82) is 0 Å². The summed E-state index contributed by atoms with van der Waals surface area (Å²) in [6.45, 7) is 6.27. The Bertz CT molecular complexity index is 686. The van der Waals surface area contributed by atoms with Gasteiger partial charge >= 0.3 is 11.3 Å². The van der Waals surface area contributed by atoms with Gasteiger partial charge in [-0.05, 0) is 38.5 Å². The molecule has 0 saturated carbocycles. The monoisotopic (exact) mass is 355 g/mol. The topological polar surface area (TPSA) is 84.9 Å². The van der Waals surface area contributed by atoms with E-state index in [4.69, 9.17) is 13.7 Å². The Morgan fingerprint density at radius 1 is 1.29 bits per heavy atom. The number of hydrogen-bond acceptors (Lipinski definition) is 6. The van der Waals surface area contributed by atoms with Crippen LogP contribution in [0.5, 0.6) is 11.5 Å². The predicted molar refractivity (Wildman–Crippen MR) is 84.4 cm³/mol. The van der Waals surface area contributed by atoms with Gasteiger partial charge in [-0.2, -0.15) is 8.10 Å². The standard InChI is InChI=1S/C16H21NO6S/c1-16(2,3)17(15(18)19)12(10-23-24(17)20)8-11-4-5-13-14(9-11)22-7-6-21-13/h4-5,9,12H,6-8,10H2,1-3H3/t12-,17?,24?/m0/s1. The van der Waals surface area contributed by atoms with E-state index in [0.717, 1.165) is 5.56 Å². The average molecular weight is 355 g/mol. The van der Waals surface area contributed by atoms with Crippen molar-refractivity contribution >= 4 is 17.4 Å². The van der Waals surface area contributed by atoms with Gasteiger partial charge in [0.25, 0.3) is 6.09 Å². The average Bonchev–Trinajstić information content (AvgIpc) is 2.84. The molecule has 7 nitrogen and oxygen atoms in total. The van der Waals surface area contributed by atoms with E-state index in [2.05, 4.69) is 0 Å². The maximum atomic E-state index is 12.4. The van der Waals surface area contributed by atoms with Crippen molar-refractivity contribution < 1.29 is 31.7 Å². The molecule has 3 rings (SSSR count). The number of amides is 1. The first kappa shape index (κ1) is 17.2. The zero-order chi connectivity index (χ0) is 17.5. The first-order chi connectivity index (χ1) is 11.3. The first-order valence-corrected chi connectivity index (χ1v) is 8.84. The van der Waals surface area contributed by atoms with Gasteiger partial charge in [-0.1, -0.05) is 6.07 Å². The lowest BCUT2D eigenvalue weighted by Gasteiger charge is -2.44. The molecular formula is C16H21NO6S. The smallest absolute Gasteiger partial charge is 0.368 e. The molecule has 0 bridgehead atoms. The summed E-state index contributed by atoms with van der Waals surface area (Å²) in [6, 6.07) is 4.99. The van der Waals surface area contributed by atoms with Crippen LogP contribution in [0.15, 0.2) is 18.2 Å². The van der Waals surface area contributed by atoms with Crippen LogP contribution in [-0.4, -0.2) is 45.6 Å². The number of rotatable bonds is 2. The van der Waals surface area contributed by atoms with Crippen LogP contribution in [0.4, 0.5) is 4.79 Å². The molecule has 2 unspecified atom stereocenters. The molecule has 3 atom stereocenters. The number of fused-ring (bicyclic) bond motifs is 1. The van der Waals surface area contributed by atoms with Crippen molar-refractivity contribution in [2.24, 2.45) is 0 Å². The Kier molecular flexibility index (Phi) is 4.31. The molecule has 1 fully saturated rings. The SMILES string of the molecule is CC(C)(C)[N+]1(C(=O)[O-])[C@@H](Cc2ccc3c(c2)OCCO3)COS1=O. The van der Waals surface area contributed by atoms with Gasteiger partial charge in [-0.25, -0.2) is 4.18 Å². The van der Waals surface area contributed by atoms with Gasteiger partial charge in [-0.15, -0.1) is 0 Å². The maximum absolute atomic E-state index is 12.4. The number of hydrogen-bond donors (Lipinski definition) is 0. The van der Waals surface area contributed by atoms with Crippen LogP contribution in [0, 0.1) is 0 Å². The lowest BCUT2D eigenvalue weighted by molar-refractivity contribution is -0.821. The highest BCUT2D eigenvalue weighted by Gasteiger charge is 2.60. The molecule has 2 aliphatic heterocycles. The molecular weight excluding hydrogens is 334 g/mol. The highest BCUT2D eigenvalue weighted by atomic mass is 32.2. The summed E-state index contributed by atoms with van der Waals surface area (Å²) >= 11 is -2.01. The predicted octanol–water partition coefficient (Wildman–Crippen LogP) is 0.936. The van der Waals surface area contributed by atoms with Crippen molar-refractivity contribution in [2.75, 3.05) is 19.8 Å². The molecule has 1 saturated heterocycles. The zero-order valence-electron chi connectivity index (χ0n) is 13.9. The van der Waals surface area contributed by atoms with Crippen molar-refractivity contribution in [3.8, 4) is 11.5 Å². The summed E-state index contributed by atoms with van der Waals surface area (Å²) in [5, 5.41) is 12.0. The minimum atomic E-state index is -2.01. The maximum Gasteiger partial charge on any atom is 0.368 e. The second kappa shape index (κ2) is 6.02. The van der Waals surface area contributed by atoms with E-state index in [0.29, 0.717) is 31.1 Å². The summed E-state index contributed by atoms with van der Waals surface area (Å²) in [5.41, 5.74) is 0.0401. The van der Waals surface area contributed by atoms with Crippen molar-refractivity contribution in [3.63, 3.8) is 0 Å². The number of quaternary nitrogens is 1. The molecule has 0 aliphatic carbocycles. The lowest BCUT2D eigenvalue weighted by atomic mass is 9.98. The number of carbonyl (C=O) groups is 1. The number of benzene rings is 1. The summed E-state index contributed by atoms with van der Waals surface area (Å²) in [4.78, 5) is 12.0. The minimum absolute atomic E-state index is 0.0896. The summed E-state index contributed by atoms with van der Waals surface area (Å²) < 4.78 is 28.0. The van der Waals surface area contributed by atoms with E-state index in [-0.39, 0.29) is 6.61 Å². The third-order valence-electron chi connectivity index (χ3n) is 4.46. The quantitative estimate of drug-likeness (QED) is 0.734. The van der Waals surface area contributed by atoms with Crippen LogP contribution in [0.1, 0.15) is 26.3 Å².